The van der Waals surface area contributed by atoms with E-state index in [2.05, 4.69) is 11.9 Å². The molecule has 0 unspecified atom stereocenters. The first-order valence-corrected chi connectivity index (χ1v) is 14.8. The van der Waals surface area contributed by atoms with Gasteiger partial charge in [-0.05, 0) is 38.2 Å². The highest BCUT2D eigenvalue weighted by molar-refractivity contribution is 6.05. The molecular formula is C33H45N3O9. The number of nitrogens with one attached hydrogen (secondary N) is 1. The van der Waals surface area contributed by atoms with Gasteiger partial charge >= 0.3 is 11.8 Å². The summed E-state index contributed by atoms with van der Waals surface area (Å²) in [5, 5.41) is 25.5. The van der Waals surface area contributed by atoms with Crippen LogP contribution in [0.5, 0.6) is 5.75 Å². The molecule has 1 aromatic carbocycles. The van der Waals surface area contributed by atoms with Crippen LogP contribution in [0.1, 0.15) is 46.1 Å². The number of benzene rings is 1. The standard InChI is InChI=1S/C33H45N3O9/c1-8-12-36-28-23-13-18(2)14-27(43-7)29(37)21(5)15-20(4)25(44-32(34)40)16-22(42-6)11-9-10-19(3)31(39)35-24(30(23)38)17-26(28)45-33(36)41/h8-11,15,17-18,21-22,25,27,29,37-38H,1,12-14,16H2,2-7H3,(H2,34,40)(H,35,39)/t18-,21+,22+,25-,27+,29-/m1/s1. The molecule has 2 bridgehead atoms. The van der Waals surface area contributed by atoms with Crippen LogP contribution in [-0.2, 0) is 32.0 Å². The highest BCUT2D eigenvalue weighted by Crippen LogP contribution is 2.38. The number of carbonyl (C=O) groups is 2. The van der Waals surface area contributed by atoms with E-state index in [4.69, 9.17) is 24.4 Å². The van der Waals surface area contributed by atoms with E-state index in [0.29, 0.717) is 28.6 Å². The lowest BCUT2D eigenvalue weighted by Gasteiger charge is -2.29. The van der Waals surface area contributed by atoms with Crippen LogP contribution in [0.3, 0.4) is 0 Å². The number of allylic oxidation sites excluding steroid dienone is 3. The molecule has 45 heavy (non-hydrogen) atoms. The van der Waals surface area contributed by atoms with E-state index in [-0.39, 0.29) is 42.3 Å². The molecule has 2 aromatic rings. The number of phenols is 1. The van der Waals surface area contributed by atoms with Gasteiger partial charge in [0.2, 0.25) is 0 Å². The summed E-state index contributed by atoms with van der Waals surface area (Å²) in [6.07, 6.45) is 5.44. The second-order valence-electron chi connectivity index (χ2n) is 11.6. The maximum absolute atomic E-state index is 13.2. The van der Waals surface area contributed by atoms with Crippen molar-refractivity contribution in [3.8, 4) is 5.75 Å². The molecule has 246 valence electrons. The zero-order valence-corrected chi connectivity index (χ0v) is 26.7. The van der Waals surface area contributed by atoms with Crippen LogP contribution < -0.4 is 16.8 Å². The van der Waals surface area contributed by atoms with Crippen molar-refractivity contribution >= 4 is 28.8 Å². The number of carbonyl (C=O) groups excluding carboxylic acids is 2. The Morgan fingerprint density at radius 3 is 2.56 bits per heavy atom. The van der Waals surface area contributed by atoms with Crippen LogP contribution in [0.4, 0.5) is 10.5 Å². The number of nitrogens with zero attached hydrogens (tertiary/aromatic N) is 1. The number of rotatable bonds is 5. The number of aliphatic hydroxyl groups excluding tert-OH is 1. The minimum Gasteiger partial charge on any atom is -0.505 e. The van der Waals surface area contributed by atoms with Gasteiger partial charge in [0.25, 0.3) is 5.91 Å². The molecule has 12 nitrogen and oxygen atoms in total. The van der Waals surface area contributed by atoms with Gasteiger partial charge in [-0.1, -0.05) is 44.2 Å². The Balaban J connectivity index is 2.16. The normalized spacial score (nSPS) is 25.6. The van der Waals surface area contributed by atoms with E-state index < -0.39 is 48.1 Å². The van der Waals surface area contributed by atoms with E-state index in [1.54, 1.807) is 38.2 Å². The number of aliphatic hydroxyl groups is 1. The van der Waals surface area contributed by atoms with E-state index in [1.807, 2.05) is 19.9 Å². The number of aromatic hydroxyl groups is 1. The second-order valence-corrected chi connectivity index (χ2v) is 11.6. The van der Waals surface area contributed by atoms with Crippen LogP contribution in [-0.4, -0.2) is 65.4 Å². The third-order valence-electron chi connectivity index (χ3n) is 8.06. The van der Waals surface area contributed by atoms with Crippen molar-refractivity contribution in [1.82, 2.24) is 4.57 Å². The molecule has 2 heterocycles. The Hall–Kier alpha value is -4.13. The predicted molar refractivity (Wildman–Crippen MR) is 171 cm³/mol. The molecule has 3 rings (SSSR count). The maximum Gasteiger partial charge on any atom is 0.420 e. The van der Waals surface area contributed by atoms with Crippen LogP contribution in [0, 0.1) is 11.8 Å². The number of amides is 2. The topological polar surface area (TPSA) is 175 Å². The minimum atomic E-state index is -0.943. The Bertz CT molecular complexity index is 1530. The smallest absolute Gasteiger partial charge is 0.420 e. The Labute approximate surface area is 262 Å². The van der Waals surface area contributed by atoms with Crippen LogP contribution in [0.15, 0.2) is 63.4 Å². The van der Waals surface area contributed by atoms with Gasteiger partial charge in [0, 0.05) is 50.3 Å². The second kappa shape index (κ2) is 15.7. The quantitative estimate of drug-likeness (QED) is 0.278. The molecule has 5 N–H and O–H groups in total. The molecule has 0 spiro atoms. The van der Waals surface area contributed by atoms with Crippen molar-refractivity contribution in [1.29, 1.82) is 0 Å². The van der Waals surface area contributed by atoms with Gasteiger partial charge in [-0.2, -0.15) is 0 Å². The van der Waals surface area contributed by atoms with Crippen LogP contribution in [0.2, 0.25) is 0 Å². The molecule has 1 aliphatic rings. The Kier molecular flexibility index (Phi) is 12.4. The molecule has 0 saturated carbocycles. The first kappa shape index (κ1) is 35.4. The molecule has 0 fully saturated rings. The molecule has 2 amide bonds. The monoisotopic (exact) mass is 627 g/mol. The number of primary amides is 1. The number of anilines is 1. The van der Waals surface area contributed by atoms with E-state index in [9.17, 15) is 24.6 Å². The molecule has 6 atom stereocenters. The highest BCUT2D eigenvalue weighted by atomic mass is 16.6. The Morgan fingerprint density at radius 1 is 1.22 bits per heavy atom. The molecule has 1 aliphatic heterocycles. The number of oxazole rings is 1. The summed E-state index contributed by atoms with van der Waals surface area (Å²) in [6.45, 7) is 11.0. The van der Waals surface area contributed by atoms with E-state index in [0.717, 1.165) is 0 Å². The van der Waals surface area contributed by atoms with Gasteiger partial charge in [-0.15, -0.1) is 6.58 Å². The molecule has 0 saturated heterocycles. The number of nitrogens with two attached hydrogens (primary N) is 1. The van der Waals surface area contributed by atoms with Crippen molar-refractivity contribution in [2.24, 2.45) is 17.6 Å². The van der Waals surface area contributed by atoms with Gasteiger partial charge in [-0.25, -0.2) is 9.59 Å². The lowest BCUT2D eigenvalue weighted by atomic mass is 9.87. The van der Waals surface area contributed by atoms with Crippen molar-refractivity contribution in [3.63, 3.8) is 0 Å². The van der Waals surface area contributed by atoms with Gasteiger partial charge in [0.1, 0.15) is 11.9 Å². The number of aromatic nitrogens is 1. The number of hydrogen-bond acceptors (Lipinski definition) is 9. The fraction of sp³-hybridized carbons (Fsp3) is 0.485. The van der Waals surface area contributed by atoms with Crippen molar-refractivity contribution in [3.05, 3.63) is 70.3 Å². The summed E-state index contributed by atoms with van der Waals surface area (Å²) in [5.74, 6) is -1.88. The van der Waals surface area contributed by atoms with Crippen LogP contribution in [0.25, 0.3) is 11.1 Å². The van der Waals surface area contributed by atoms with Gasteiger partial charge < -0.3 is 39.9 Å². The van der Waals surface area contributed by atoms with E-state index >= 15 is 0 Å². The molecular weight excluding hydrogens is 582 g/mol. The third kappa shape index (κ3) is 8.74. The number of hydrogen-bond donors (Lipinski definition) is 4. The molecule has 12 heteroatoms. The molecule has 0 radical (unpaired) electrons. The van der Waals surface area contributed by atoms with Gasteiger partial charge in [0.05, 0.1) is 29.5 Å². The van der Waals surface area contributed by atoms with Crippen LogP contribution >= 0.6 is 0 Å². The first-order valence-electron chi connectivity index (χ1n) is 14.8. The van der Waals surface area contributed by atoms with Crippen molar-refractivity contribution < 1.29 is 38.4 Å². The number of fused-ring (bicyclic) bond motifs is 4. The lowest BCUT2D eigenvalue weighted by Crippen LogP contribution is -2.35. The highest BCUT2D eigenvalue weighted by Gasteiger charge is 2.29. The summed E-state index contributed by atoms with van der Waals surface area (Å²) in [6, 6.07) is 1.42. The maximum atomic E-state index is 13.2. The zero-order valence-electron chi connectivity index (χ0n) is 26.7. The fourth-order valence-electron chi connectivity index (χ4n) is 5.60. The minimum absolute atomic E-state index is 0.0825. The largest absolute Gasteiger partial charge is 0.505 e. The number of phenolic OH excluding ortho intramolecular Hbond substituents is 1. The summed E-state index contributed by atoms with van der Waals surface area (Å²) in [4.78, 5) is 37.6. The predicted octanol–water partition coefficient (Wildman–Crippen LogP) is 4.34. The molecule has 1 aromatic heterocycles. The molecule has 0 aliphatic carbocycles. The SMILES string of the molecule is C=CCn1c(=O)oc2cc3c(O)c(c21)C[C@@H](C)C[C@H](OC)[C@H](O)[C@@H](C)C=C(C)[C@H](OC(N)=O)C[C@@H](OC)C=CC=C(C)C(=O)N3. The number of methoxy groups -OCH3 is 2. The van der Waals surface area contributed by atoms with Gasteiger partial charge in [-0.3, -0.25) is 9.36 Å². The average molecular weight is 628 g/mol. The first-order chi connectivity index (χ1) is 21.3. The lowest BCUT2D eigenvalue weighted by molar-refractivity contribution is -0.112. The average Bonchev–Trinajstić information content (AvgIpc) is 3.29. The van der Waals surface area contributed by atoms with E-state index in [1.165, 1.54) is 24.9 Å². The summed E-state index contributed by atoms with van der Waals surface area (Å²) in [5.41, 5.74) is 7.44. The number of ether oxygens (including phenoxy) is 3. The van der Waals surface area contributed by atoms with Gasteiger partial charge in [0.15, 0.2) is 5.58 Å². The summed E-state index contributed by atoms with van der Waals surface area (Å²) < 4.78 is 23.6. The van der Waals surface area contributed by atoms with Crippen molar-refractivity contribution in [2.45, 2.75) is 77.9 Å². The summed E-state index contributed by atoms with van der Waals surface area (Å²) >= 11 is 0. The summed E-state index contributed by atoms with van der Waals surface area (Å²) in [7, 11) is 3.02. The Morgan fingerprint density at radius 2 is 1.93 bits per heavy atom. The fourth-order valence-corrected chi connectivity index (χ4v) is 5.60. The van der Waals surface area contributed by atoms with Crippen molar-refractivity contribution in [2.75, 3.05) is 19.5 Å². The zero-order chi connectivity index (χ0) is 33.4. The third-order valence-corrected chi connectivity index (χ3v) is 8.06.